The molecule has 1 saturated heterocycles. The van der Waals surface area contributed by atoms with Crippen LogP contribution < -0.4 is 16.1 Å². The highest BCUT2D eigenvalue weighted by molar-refractivity contribution is 5.69. The molecular formula is C20H32N4O7. The minimum absolute atomic E-state index is 0.0605. The number of hydrogen-bond acceptors (Lipinski definition) is 8. The van der Waals surface area contributed by atoms with Crippen molar-refractivity contribution in [1.29, 1.82) is 0 Å². The maximum Gasteiger partial charge on any atom is 0.332 e. The molecule has 0 unspecified atom stereocenters. The van der Waals surface area contributed by atoms with E-state index in [0.717, 1.165) is 36.8 Å². The molecule has 1 aliphatic heterocycles. The van der Waals surface area contributed by atoms with Crippen LogP contribution in [-0.4, -0.2) is 65.4 Å². The smallest absolute Gasteiger partial charge is 0.332 e. The number of fused-ring (bicyclic) bond motifs is 1. The minimum Gasteiger partial charge on any atom is -0.394 e. The lowest BCUT2D eigenvalue weighted by molar-refractivity contribution is -0.168. The van der Waals surface area contributed by atoms with Crippen molar-refractivity contribution in [3.63, 3.8) is 0 Å². The van der Waals surface area contributed by atoms with Gasteiger partial charge < -0.3 is 24.9 Å². The van der Waals surface area contributed by atoms with E-state index in [-0.39, 0.29) is 17.7 Å². The van der Waals surface area contributed by atoms with Crippen molar-refractivity contribution >= 4 is 11.2 Å². The Balaban J connectivity index is 2.01. The molecule has 174 valence electrons. The second kappa shape index (κ2) is 10.4. The maximum atomic E-state index is 13.2. The Hall–Kier alpha value is -2.21. The molecule has 4 atom stereocenters. The Morgan fingerprint density at radius 3 is 2.26 bits per heavy atom. The summed E-state index contributed by atoms with van der Waals surface area (Å²) in [5.74, 6) is 0. The fourth-order valence-corrected chi connectivity index (χ4v) is 3.75. The summed E-state index contributed by atoms with van der Waals surface area (Å²) in [4.78, 5) is 36.0. The van der Waals surface area contributed by atoms with Gasteiger partial charge in [0.15, 0.2) is 11.2 Å². The van der Waals surface area contributed by atoms with Crippen LogP contribution in [-0.2, 0) is 17.8 Å². The first-order chi connectivity index (χ1) is 14.9. The lowest BCUT2D eigenvalue weighted by Crippen LogP contribution is -2.42. The number of aliphatic hydroxyl groups is 3. The highest BCUT2D eigenvalue weighted by Gasteiger charge is 2.44. The van der Waals surface area contributed by atoms with Gasteiger partial charge in [-0.15, -0.1) is 0 Å². The van der Waals surface area contributed by atoms with E-state index in [1.807, 2.05) is 6.92 Å². The lowest BCUT2D eigenvalue weighted by atomic mass is 10.1. The zero-order valence-electron chi connectivity index (χ0n) is 18.0. The fourth-order valence-electron chi connectivity index (χ4n) is 3.75. The third kappa shape index (κ3) is 4.69. The third-order valence-electron chi connectivity index (χ3n) is 5.57. The van der Waals surface area contributed by atoms with Crippen LogP contribution in [0.5, 0.6) is 0 Å². The van der Waals surface area contributed by atoms with Gasteiger partial charge in [0.05, 0.1) is 6.61 Å². The van der Waals surface area contributed by atoms with Crippen molar-refractivity contribution in [3.8, 4) is 0 Å². The first-order valence-electron chi connectivity index (χ1n) is 10.9. The molecule has 0 aromatic carbocycles. The summed E-state index contributed by atoms with van der Waals surface area (Å²) in [5, 5.41) is 29.4. The summed E-state index contributed by atoms with van der Waals surface area (Å²) in [5.41, 5.74) is -0.676. The summed E-state index contributed by atoms with van der Waals surface area (Å²) in [7, 11) is 0. The Bertz CT molecular complexity index is 982. The van der Waals surface area contributed by atoms with Crippen LogP contribution in [0, 0.1) is 0 Å². The van der Waals surface area contributed by atoms with E-state index in [4.69, 9.17) is 9.57 Å². The molecule has 2 aromatic heterocycles. The Morgan fingerprint density at radius 2 is 1.68 bits per heavy atom. The van der Waals surface area contributed by atoms with Crippen LogP contribution in [0.4, 0.5) is 0 Å². The number of unbranched alkanes of at least 4 members (excludes halogenated alkanes) is 4. The van der Waals surface area contributed by atoms with Gasteiger partial charge >= 0.3 is 5.69 Å². The molecule has 0 saturated carbocycles. The first kappa shape index (κ1) is 23.5. The first-order valence-corrected chi connectivity index (χ1v) is 10.9. The summed E-state index contributed by atoms with van der Waals surface area (Å²) in [6.07, 6.45) is 1.39. The molecule has 31 heavy (non-hydrogen) atoms. The highest BCUT2D eigenvalue weighted by atomic mass is 16.8. The Kier molecular flexibility index (Phi) is 7.87. The summed E-state index contributed by atoms with van der Waals surface area (Å²) < 4.78 is 9.09. The molecule has 0 aliphatic carbocycles. The van der Waals surface area contributed by atoms with Gasteiger partial charge in [-0.05, 0) is 12.8 Å². The van der Waals surface area contributed by atoms with Crippen molar-refractivity contribution < 1.29 is 24.9 Å². The number of nitrogens with zero attached hydrogens (tertiary/aromatic N) is 4. The normalized spacial score (nSPS) is 23.6. The van der Waals surface area contributed by atoms with Crippen LogP contribution in [0.2, 0.25) is 0 Å². The number of aryl methyl sites for hydroxylation is 1. The molecular weight excluding hydrogens is 408 g/mol. The lowest BCUT2D eigenvalue weighted by Gasteiger charge is -2.17. The van der Waals surface area contributed by atoms with Crippen molar-refractivity contribution in [1.82, 2.24) is 18.8 Å². The van der Waals surface area contributed by atoms with E-state index in [1.165, 1.54) is 15.5 Å². The van der Waals surface area contributed by atoms with E-state index in [9.17, 15) is 24.9 Å². The van der Waals surface area contributed by atoms with Gasteiger partial charge in [-0.2, -0.15) is 4.73 Å². The van der Waals surface area contributed by atoms with Crippen LogP contribution >= 0.6 is 0 Å². The van der Waals surface area contributed by atoms with Gasteiger partial charge in [-0.25, -0.2) is 9.78 Å². The molecule has 3 rings (SSSR count). The van der Waals surface area contributed by atoms with Crippen LogP contribution in [0.15, 0.2) is 15.9 Å². The quantitative estimate of drug-likeness (QED) is 0.401. The maximum absolute atomic E-state index is 13.2. The molecule has 11 nitrogen and oxygen atoms in total. The second-order valence-electron chi connectivity index (χ2n) is 7.86. The average Bonchev–Trinajstić information content (AvgIpc) is 3.29. The third-order valence-corrected chi connectivity index (χ3v) is 5.57. The standard InChI is InChI=1S/C20H32N4O7/c1-3-5-7-9-22-17-14(18(28)23(20(22)29)10-8-6-4-2)24(12-21-17)31-19-16(27)15(26)13(11-25)30-19/h12-13,15-16,19,25-27H,3-11H2,1-2H3/t13-,15-,16-,19-/m1/s1. The molecule has 1 aliphatic rings. The highest BCUT2D eigenvalue weighted by Crippen LogP contribution is 2.21. The SMILES string of the molecule is CCCCCn1c(=O)c2c(ncn2O[C@H]2O[C@H](CO)[C@@H](O)[C@H]2O)n(CCCCC)c1=O. The van der Waals surface area contributed by atoms with E-state index in [2.05, 4.69) is 11.9 Å². The summed E-state index contributed by atoms with van der Waals surface area (Å²) in [6.45, 7) is 4.31. The fraction of sp³-hybridized carbons (Fsp3) is 0.750. The summed E-state index contributed by atoms with van der Waals surface area (Å²) in [6, 6.07) is 0. The monoisotopic (exact) mass is 440 g/mol. The Labute approximate surface area is 179 Å². The molecule has 1 fully saturated rings. The zero-order valence-corrected chi connectivity index (χ0v) is 18.0. The molecule has 11 heteroatoms. The van der Waals surface area contributed by atoms with Crippen molar-refractivity contribution in [2.24, 2.45) is 0 Å². The number of imidazole rings is 1. The van der Waals surface area contributed by atoms with Crippen LogP contribution in [0.3, 0.4) is 0 Å². The van der Waals surface area contributed by atoms with E-state index < -0.39 is 42.5 Å². The second-order valence-corrected chi connectivity index (χ2v) is 7.86. The zero-order chi connectivity index (χ0) is 22.5. The average molecular weight is 440 g/mol. The minimum atomic E-state index is -1.42. The molecule has 3 N–H and O–H groups in total. The van der Waals surface area contributed by atoms with E-state index >= 15 is 0 Å². The summed E-state index contributed by atoms with van der Waals surface area (Å²) >= 11 is 0. The number of hydrogen-bond donors (Lipinski definition) is 3. The van der Waals surface area contributed by atoms with E-state index in [1.54, 1.807) is 0 Å². The molecule has 0 amide bonds. The number of aliphatic hydroxyl groups excluding tert-OH is 3. The van der Waals surface area contributed by atoms with E-state index in [0.29, 0.717) is 13.0 Å². The van der Waals surface area contributed by atoms with Crippen molar-refractivity contribution in [3.05, 3.63) is 27.2 Å². The topological polar surface area (TPSA) is 141 Å². The van der Waals surface area contributed by atoms with Crippen LogP contribution in [0.25, 0.3) is 11.2 Å². The van der Waals surface area contributed by atoms with Crippen molar-refractivity contribution in [2.45, 2.75) is 90.1 Å². The predicted octanol–water partition coefficient (Wildman–Crippen LogP) is -0.392. The van der Waals surface area contributed by atoms with Crippen LogP contribution in [0.1, 0.15) is 52.4 Å². The van der Waals surface area contributed by atoms with Gasteiger partial charge in [0.2, 0.25) is 0 Å². The number of aromatic nitrogens is 4. The van der Waals surface area contributed by atoms with Crippen molar-refractivity contribution in [2.75, 3.05) is 6.61 Å². The number of ether oxygens (including phenoxy) is 1. The Morgan fingerprint density at radius 1 is 1.03 bits per heavy atom. The predicted molar refractivity (Wildman–Crippen MR) is 112 cm³/mol. The van der Waals surface area contributed by atoms with Gasteiger partial charge in [0, 0.05) is 13.1 Å². The molecule has 3 heterocycles. The van der Waals surface area contributed by atoms with Gasteiger partial charge in [0.1, 0.15) is 24.6 Å². The van der Waals surface area contributed by atoms with Gasteiger partial charge in [-0.1, -0.05) is 39.5 Å². The molecule has 0 spiro atoms. The molecule has 0 bridgehead atoms. The largest absolute Gasteiger partial charge is 0.394 e. The number of rotatable bonds is 11. The van der Waals surface area contributed by atoms with Gasteiger partial charge in [-0.3, -0.25) is 13.9 Å². The van der Waals surface area contributed by atoms with Gasteiger partial charge in [0.25, 0.3) is 11.8 Å². The molecule has 0 radical (unpaired) electrons. The molecule has 2 aromatic rings.